The van der Waals surface area contributed by atoms with Crippen molar-refractivity contribution in [2.45, 2.75) is 38.5 Å². The summed E-state index contributed by atoms with van der Waals surface area (Å²) in [4.78, 5) is 19.2. The molecule has 0 unspecified atom stereocenters. The SMILES string of the molecule is Cc1ncnc(C2CCCC2)c1C(=O)O. The van der Waals surface area contributed by atoms with Gasteiger partial charge in [-0.2, -0.15) is 0 Å². The molecule has 0 bridgehead atoms. The highest BCUT2D eigenvalue weighted by Gasteiger charge is 2.25. The molecule has 1 aliphatic carbocycles. The summed E-state index contributed by atoms with van der Waals surface area (Å²) in [6.45, 7) is 1.73. The van der Waals surface area contributed by atoms with Crippen LogP contribution in [0.4, 0.5) is 0 Å². The first-order chi connectivity index (χ1) is 7.20. The summed E-state index contributed by atoms with van der Waals surface area (Å²) in [6.07, 6.45) is 5.92. The summed E-state index contributed by atoms with van der Waals surface area (Å²) in [5.41, 5.74) is 1.61. The Morgan fingerprint density at radius 2 is 2.07 bits per heavy atom. The third-order valence-corrected chi connectivity index (χ3v) is 3.02. The topological polar surface area (TPSA) is 63.1 Å². The van der Waals surface area contributed by atoms with Gasteiger partial charge in [-0.1, -0.05) is 12.8 Å². The number of rotatable bonds is 2. The summed E-state index contributed by atoms with van der Waals surface area (Å²) in [5, 5.41) is 9.13. The first-order valence-electron chi connectivity index (χ1n) is 5.25. The molecule has 0 saturated heterocycles. The molecule has 0 amide bonds. The van der Waals surface area contributed by atoms with E-state index in [1.54, 1.807) is 6.92 Å². The molecule has 1 aliphatic rings. The van der Waals surface area contributed by atoms with Crippen LogP contribution in [0.3, 0.4) is 0 Å². The highest BCUT2D eigenvalue weighted by Crippen LogP contribution is 2.34. The molecule has 15 heavy (non-hydrogen) atoms. The largest absolute Gasteiger partial charge is 0.478 e. The minimum absolute atomic E-state index is 0.310. The van der Waals surface area contributed by atoms with E-state index in [9.17, 15) is 4.79 Å². The average Bonchev–Trinajstić information content (AvgIpc) is 2.69. The van der Waals surface area contributed by atoms with Gasteiger partial charge in [0.2, 0.25) is 0 Å². The normalized spacial score (nSPS) is 16.9. The van der Waals surface area contributed by atoms with Crippen LogP contribution in [0, 0.1) is 6.92 Å². The van der Waals surface area contributed by atoms with Gasteiger partial charge in [0.25, 0.3) is 0 Å². The molecule has 1 aromatic heterocycles. The van der Waals surface area contributed by atoms with Crippen molar-refractivity contribution >= 4 is 5.97 Å². The molecule has 4 nitrogen and oxygen atoms in total. The van der Waals surface area contributed by atoms with Crippen molar-refractivity contribution < 1.29 is 9.90 Å². The van der Waals surface area contributed by atoms with Crippen LogP contribution in [0.5, 0.6) is 0 Å². The molecule has 1 N–H and O–H groups in total. The lowest BCUT2D eigenvalue weighted by molar-refractivity contribution is 0.0693. The molecule has 1 saturated carbocycles. The Morgan fingerprint density at radius 1 is 1.40 bits per heavy atom. The van der Waals surface area contributed by atoms with Gasteiger partial charge in [-0.25, -0.2) is 14.8 Å². The van der Waals surface area contributed by atoms with Gasteiger partial charge in [-0.05, 0) is 19.8 Å². The van der Waals surface area contributed by atoms with E-state index in [0.29, 0.717) is 17.2 Å². The first-order valence-corrected chi connectivity index (χ1v) is 5.25. The lowest BCUT2D eigenvalue weighted by Crippen LogP contribution is -2.11. The maximum Gasteiger partial charge on any atom is 0.339 e. The molecular formula is C11H14N2O2. The van der Waals surface area contributed by atoms with E-state index in [0.717, 1.165) is 18.5 Å². The molecule has 0 atom stereocenters. The lowest BCUT2D eigenvalue weighted by atomic mass is 9.98. The van der Waals surface area contributed by atoms with Crippen LogP contribution in [0.2, 0.25) is 0 Å². The van der Waals surface area contributed by atoms with E-state index in [4.69, 9.17) is 5.11 Å². The Labute approximate surface area is 88.4 Å². The van der Waals surface area contributed by atoms with Gasteiger partial charge >= 0.3 is 5.97 Å². The highest BCUT2D eigenvalue weighted by molar-refractivity contribution is 5.90. The number of nitrogens with zero attached hydrogens (tertiary/aromatic N) is 2. The van der Waals surface area contributed by atoms with Gasteiger partial charge in [-0.15, -0.1) is 0 Å². The van der Waals surface area contributed by atoms with Crippen molar-refractivity contribution in [3.05, 3.63) is 23.3 Å². The van der Waals surface area contributed by atoms with Crippen molar-refractivity contribution in [2.24, 2.45) is 0 Å². The van der Waals surface area contributed by atoms with Gasteiger partial charge < -0.3 is 5.11 Å². The number of aromatic nitrogens is 2. The van der Waals surface area contributed by atoms with Crippen LogP contribution in [0.25, 0.3) is 0 Å². The summed E-state index contributed by atoms with van der Waals surface area (Å²) >= 11 is 0. The second-order valence-electron chi connectivity index (χ2n) is 4.01. The summed E-state index contributed by atoms with van der Waals surface area (Å²) < 4.78 is 0. The van der Waals surface area contributed by atoms with E-state index in [1.165, 1.54) is 19.2 Å². The Kier molecular flexibility index (Phi) is 2.66. The second-order valence-corrected chi connectivity index (χ2v) is 4.01. The van der Waals surface area contributed by atoms with Gasteiger partial charge in [-0.3, -0.25) is 0 Å². The van der Waals surface area contributed by atoms with E-state index in [2.05, 4.69) is 9.97 Å². The van der Waals surface area contributed by atoms with Crippen molar-refractivity contribution in [1.82, 2.24) is 9.97 Å². The molecule has 1 aromatic rings. The third kappa shape index (κ3) is 1.84. The third-order valence-electron chi connectivity index (χ3n) is 3.02. The second kappa shape index (κ2) is 3.96. The van der Waals surface area contributed by atoms with Crippen LogP contribution in [0.1, 0.15) is 53.3 Å². The fourth-order valence-corrected chi connectivity index (χ4v) is 2.27. The fourth-order valence-electron chi connectivity index (χ4n) is 2.27. The highest BCUT2D eigenvalue weighted by atomic mass is 16.4. The van der Waals surface area contributed by atoms with Crippen molar-refractivity contribution in [2.75, 3.05) is 0 Å². The smallest absolute Gasteiger partial charge is 0.339 e. The lowest BCUT2D eigenvalue weighted by Gasteiger charge is -2.12. The van der Waals surface area contributed by atoms with E-state index >= 15 is 0 Å². The minimum atomic E-state index is -0.907. The molecule has 1 heterocycles. The monoisotopic (exact) mass is 206 g/mol. The molecule has 0 spiro atoms. The standard InChI is InChI=1S/C11H14N2O2/c1-7-9(11(14)15)10(13-6-12-7)8-4-2-3-5-8/h6,8H,2-5H2,1H3,(H,14,15). The van der Waals surface area contributed by atoms with Crippen molar-refractivity contribution in [3.8, 4) is 0 Å². The zero-order valence-electron chi connectivity index (χ0n) is 8.73. The zero-order valence-corrected chi connectivity index (χ0v) is 8.73. The first kappa shape index (κ1) is 10.1. The molecule has 0 radical (unpaired) electrons. The molecule has 0 aromatic carbocycles. The van der Waals surface area contributed by atoms with Crippen LogP contribution < -0.4 is 0 Å². The van der Waals surface area contributed by atoms with Crippen molar-refractivity contribution in [1.29, 1.82) is 0 Å². The van der Waals surface area contributed by atoms with Crippen LogP contribution in [-0.2, 0) is 0 Å². The maximum atomic E-state index is 11.1. The zero-order chi connectivity index (χ0) is 10.8. The van der Waals surface area contributed by atoms with Gasteiger partial charge in [0.15, 0.2) is 0 Å². The van der Waals surface area contributed by atoms with Crippen LogP contribution in [-0.4, -0.2) is 21.0 Å². The Balaban J connectivity index is 2.45. The molecule has 80 valence electrons. The summed E-state index contributed by atoms with van der Waals surface area (Å²) in [6, 6.07) is 0. The number of carbonyl (C=O) groups is 1. The number of hydrogen-bond acceptors (Lipinski definition) is 3. The fraction of sp³-hybridized carbons (Fsp3) is 0.545. The Bertz CT molecular complexity index is 384. The summed E-state index contributed by atoms with van der Waals surface area (Å²) in [5.74, 6) is -0.590. The number of aryl methyl sites for hydroxylation is 1. The Morgan fingerprint density at radius 3 is 2.67 bits per heavy atom. The maximum absolute atomic E-state index is 11.1. The average molecular weight is 206 g/mol. The molecule has 1 fully saturated rings. The quantitative estimate of drug-likeness (QED) is 0.805. The molecule has 2 rings (SSSR count). The van der Waals surface area contributed by atoms with E-state index in [1.807, 2.05) is 0 Å². The number of carboxylic acid groups (broad SMARTS) is 1. The van der Waals surface area contributed by atoms with E-state index < -0.39 is 5.97 Å². The van der Waals surface area contributed by atoms with Crippen LogP contribution >= 0.6 is 0 Å². The number of hydrogen-bond donors (Lipinski definition) is 1. The van der Waals surface area contributed by atoms with Gasteiger partial charge in [0.05, 0.1) is 11.4 Å². The van der Waals surface area contributed by atoms with Crippen molar-refractivity contribution in [3.63, 3.8) is 0 Å². The Hall–Kier alpha value is -1.45. The molecule has 0 aliphatic heterocycles. The van der Waals surface area contributed by atoms with Gasteiger partial charge in [0.1, 0.15) is 11.9 Å². The predicted molar refractivity (Wildman–Crippen MR) is 54.9 cm³/mol. The van der Waals surface area contributed by atoms with Crippen LogP contribution in [0.15, 0.2) is 6.33 Å². The predicted octanol–water partition coefficient (Wildman–Crippen LogP) is 2.14. The van der Waals surface area contributed by atoms with Gasteiger partial charge in [0, 0.05) is 5.92 Å². The minimum Gasteiger partial charge on any atom is -0.478 e. The number of aromatic carboxylic acids is 1. The summed E-state index contributed by atoms with van der Waals surface area (Å²) in [7, 11) is 0. The van der Waals surface area contributed by atoms with E-state index in [-0.39, 0.29) is 0 Å². The number of carboxylic acids is 1. The molecular weight excluding hydrogens is 192 g/mol. The molecule has 4 heteroatoms.